The number of nitrogens with one attached hydrogen (secondary N) is 1. The van der Waals surface area contributed by atoms with Crippen molar-refractivity contribution in [3.63, 3.8) is 0 Å². The molecule has 0 unspecified atom stereocenters. The van der Waals surface area contributed by atoms with E-state index in [0.29, 0.717) is 5.92 Å². The Morgan fingerprint density at radius 1 is 1.04 bits per heavy atom. The van der Waals surface area contributed by atoms with Crippen LogP contribution in [0.25, 0.3) is 10.8 Å². The first kappa shape index (κ1) is 15.6. The Morgan fingerprint density at radius 3 is 2.65 bits per heavy atom. The van der Waals surface area contributed by atoms with Crippen LogP contribution in [0.2, 0.25) is 0 Å². The third-order valence-electron chi connectivity index (χ3n) is 5.92. The zero-order valence-electron chi connectivity index (χ0n) is 14.9. The molecule has 1 saturated carbocycles. The normalized spacial score (nSPS) is 23.5. The second-order valence-corrected chi connectivity index (χ2v) is 7.67. The number of amidine groups is 1. The molecule has 132 valence electrons. The first-order valence-electron chi connectivity index (χ1n) is 9.66. The topological polar surface area (TPSA) is 42.2 Å². The second-order valence-electron chi connectivity index (χ2n) is 7.67. The summed E-state index contributed by atoms with van der Waals surface area (Å²) < 4.78 is 2.21. The molecule has 1 N–H and O–H groups in total. The SMILES string of the molecule is c1cc2c3c(cccc3c1)C(=NCC1CCC(Cn3ccnc3)CC1)N2. The molecule has 4 heteroatoms. The number of hydrogen-bond donors (Lipinski definition) is 1. The van der Waals surface area contributed by atoms with Crippen LogP contribution in [0.4, 0.5) is 5.69 Å². The molecular weight excluding hydrogens is 320 g/mol. The van der Waals surface area contributed by atoms with E-state index in [4.69, 9.17) is 4.99 Å². The summed E-state index contributed by atoms with van der Waals surface area (Å²) in [6, 6.07) is 12.9. The Bertz CT molecular complexity index is 929. The second kappa shape index (κ2) is 6.60. The quantitative estimate of drug-likeness (QED) is 0.744. The van der Waals surface area contributed by atoms with Gasteiger partial charge in [-0.2, -0.15) is 0 Å². The van der Waals surface area contributed by atoms with E-state index >= 15 is 0 Å². The fraction of sp³-hybridized carbons (Fsp3) is 0.364. The van der Waals surface area contributed by atoms with Crippen LogP contribution < -0.4 is 5.32 Å². The largest absolute Gasteiger partial charge is 0.339 e. The van der Waals surface area contributed by atoms with Crippen molar-refractivity contribution in [2.24, 2.45) is 16.8 Å². The molecule has 26 heavy (non-hydrogen) atoms. The van der Waals surface area contributed by atoms with Crippen molar-refractivity contribution < 1.29 is 0 Å². The lowest BCUT2D eigenvalue weighted by molar-refractivity contribution is 0.257. The third kappa shape index (κ3) is 2.90. The number of imidazole rings is 1. The van der Waals surface area contributed by atoms with Crippen LogP contribution in [0.1, 0.15) is 31.2 Å². The third-order valence-corrected chi connectivity index (χ3v) is 5.92. The molecule has 0 atom stereocenters. The summed E-state index contributed by atoms with van der Waals surface area (Å²) in [7, 11) is 0. The molecule has 2 aromatic carbocycles. The van der Waals surface area contributed by atoms with Gasteiger partial charge in [0.25, 0.3) is 0 Å². The predicted octanol–water partition coefficient (Wildman–Crippen LogP) is 4.72. The highest BCUT2D eigenvalue weighted by molar-refractivity contribution is 6.25. The number of anilines is 1. The van der Waals surface area contributed by atoms with Gasteiger partial charge in [0, 0.05) is 42.1 Å². The average molecular weight is 344 g/mol. The van der Waals surface area contributed by atoms with Crippen molar-refractivity contribution in [2.75, 3.05) is 11.9 Å². The van der Waals surface area contributed by atoms with E-state index in [-0.39, 0.29) is 0 Å². The van der Waals surface area contributed by atoms with Crippen LogP contribution in [-0.4, -0.2) is 21.9 Å². The van der Waals surface area contributed by atoms with Crippen LogP contribution in [0.15, 0.2) is 60.1 Å². The molecule has 1 fully saturated rings. The van der Waals surface area contributed by atoms with Crippen LogP contribution in [0.5, 0.6) is 0 Å². The summed E-state index contributed by atoms with van der Waals surface area (Å²) in [6.07, 6.45) is 11.0. The maximum absolute atomic E-state index is 4.98. The highest BCUT2D eigenvalue weighted by Crippen LogP contribution is 2.34. The number of rotatable bonds is 4. The number of aliphatic imine (C=N–C) groups is 1. The van der Waals surface area contributed by atoms with Crippen LogP contribution in [-0.2, 0) is 6.54 Å². The number of benzene rings is 2. The molecule has 1 aliphatic heterocycles. The highest BCUT2D eigenvalue weighted by atomic mass is 15.0. The van der Waals surface area contributed by atoms with E-state index in [1.165, 1.54) is 47.7 Å². The van der Waals surface area contributed by atoms with E-state index in [1.807, 2.05) is 12.5 Å². The Labute approximate surface area is 154 Å². The highest BCUT2D eigenvalue weighted by Gasteiger charge is 2.23. The van der Waals surface area contributed by atoms with E-state index in [0.717, 1.165) is 24.8 Å². The van der Waals surface area contributed by atoms with Gasteiger partial charge in [-0.3, -0.25) is 4.99 Å². The zero-order chi connectivity index (χ0) is 17.3. The van der Waals surface area contributed by atoms with E-state index in [2.05, 4.69) is 57.5 Å². The van der Waals surface area contributed by atoms with E-state index < -0.39 is 0 Å². The summed E-state index contributed by atoms with van der Waals surface area (Å²) >= 11 is 0. The van der Waals surface area contributed by atoms with Gasteiger partial charge in [0.15, 0.2) is 0 Å². The minimum absolute atomic E-state index is 0.714. The van der Waals surface area contributed by atoms with Gasteiger partial charge in [0.05, 0.1) is 6.33 Å². The van der Waals surface area contributed by atoms with Crippen molar-refractivity contribution in [1.29, 1.82) is 0 Å². The lowest BCUT2D eigenvalue weighted by Crippen LogP contribution is -2.21. The van der Waals surface area contributed by atoms with Gasteiger partial charge < -0.3 is 9.88 Å². The number of hydrogen-bond acceptors (Lipinski definition) is 2. The van der Waals surface area contributed by atoms with Crippen molar-refractivity contribution in [1.82, 2.24) is 9.55 Å². The predicted molar refractivity (Wildman–Crippen MR) is 107 cm³/mol. The lowest BCUT2D eigenvalue weighted by atomic mass is 9.82. The average Bonchev–Trinajstić information content (AvgIpc) is 3.31. The maximum Gasteiger partial charge on any atom is 0.133 e. The molecule has 1 aromatic heterocycles. The maximum atomic E-state index is 4.98. The van der Waals surface area contributed by atoms with Gasteiger partial charge in [-0.05, 0) is 49.0 Å². The fourth-order valence-corrected chi connectivity index (χ4v) is 4.47. The van der Waals surface area contributed by atoms with Crippen LogP contribution >= 0.6 is 0 Å². The summed E-state index contributed by atoms with van der Waals surface area (Å²) in [5, 5.41) is 6.13. The van der Waals surface area contributed by atoms with Gasteiger partial charge >= 0.3 is 0 Å². The first-order chi connectivity index (χ1) is 12.9. The van der Waals surface area contributed by atoms with Crippen molar-refractivity contribution in [2.45, 2.75) is 32.2 Å². The molecule has 1 aliphatic carbocycles. The van der Waals surface area contributed by atoms with Gasteiger partial charge in [-0.15, -0.1) is 0 Å². The minimum atomic E-state index is 0.714. The molecule has 0 bridgehead atoms. The minimum Gasteiger partial charge on any atom is -0.339 e. The van der Waals surface area contributed by atoms with Crippen LogP contribution in [0, 0.1) is 11.8 Å². The molecule has 4 nitrogen and oxygen atoms in total. The number of aromatic nitrogens is 2. The van der Waals surface area contributed by atoms with Gasteiger partial charge in [-0.25, -0.2) is 4.98 Å². The molecule has 0 radical (unpaired) electrons. The number of nitrogens with zero attached hydrogens (tertiary/aromatic N) is 3. The van der Waals surface area contributed by atoms with Crippen molar-refractivity contribution in [3.8, 4) is 0 Å². The monoisotopic (exact) mass is 344 g/mol. The van der Waals surface area contributed by atoms with E-state index in [1.54, 1.807) is 0 Å². The first-order valence-corrected chi connectivity index (χ1v) is 9.66. The van der Waals surface area contributed by atoms with E-state index in [9.17, 15) is 0 Å². The Balaban J connectivity index is 1.23. The fourth-order valence-electron chi connectivity index (χ4n) is 4.47. The zero-order valence-corrected chi connectivity index (χ0v) is 14.9. The molecule has 2 aliphatic rings. The molecule has 2 heterocycles. The standard InChI is InChI=1S/C22H24N4/c1-3-18-4-2-6-20-21(18)19(5-1)22(25-20)24-13-16-7-9-17(10-8-16)14-26-12-11-23-15-26/h1-6,11-12,15-17H,7-10,13-14H2,(H,24,25). The smallest absolute Gasteiger partial charge is 0.133 e. The molecule has 3 aromatic rings. The molecular formula is C22H24N4. The molecule has 0 amide bonds. The molecule has 0 spiro atoms. The van der Waals surface area contributed by atoms with Crippen LogP contribution in [0.3, 0.4) is 0 Å². The van der Waals surface area contributed by atoms with Gasteiger partial charge in [0.1, 0.15) is 5.84 Å². The summed E-state index contributed by atoms with van der Waals surface area (Å²) in [5.41, 5.74) is 2.45. The Kier molecular flexibility index (Phi) is 3.96. The summed E-state index contributed by atoms with van der Waals surface area (Å²) in [6.45, 7) is 2.05. The van der Waals surface area contributed by atoms with Gasteiger partial charge in [-0.1, -0.05) is 30.3 Å². The van der Waals surface area contributed by atoms with Crippen molar-refractivity contribution in [3.05, 3.63) is 60.7 Å². The van der Waals surface area contributed by atoms with Crippen molar-refractivity contribution >= 4 is 22.3 Å². The van der Waals surface area contributed by atoms with Gasteiger partial charge in [0.2, 0.25) is 0 Å². The molecule has 5 rings (SSSR count). The lowest BCUT2D eigenvalue weighted by Gasteiger charge is -2.27. The summed E-state index contributed by atoms with van der Waals surface area (Å²) in [4.78, 5) is 9.13. The summed E-state index contributed by atoms with van der Waals surface area (Å²) in [5.74, 6) is 2.55. The Hall–Kier alpha value is -2.62. The Morgan fingerprint density at radius 2 is 1.85 bits per heavy atom. The molecule has 0 saturated heterocycles.